The minimum atomic E-state index is -4.25. The second-order valence-electron chi connectivity index (χ2n) is 8.14. The van der Waals surface area contributed by atoms with E-state index in [0.717, 1.165) is 36.1 Å². The van der Waals surface area contributed by atoms with Crippen LogP contribution in [0.4, 0.5) is 14.6 Å². The highest BCUT2D eigenvalue weighted by Crippen LogP contribution is 2.36. The summed E-state index contributed by atoms with van der Waals surface area (Å²) in [6, 6.07) is 8.01. The van der Waals surface area contributed by atoms with Gasteiger partial charge in [0.15, 0.2) is 5.82 Å². The molecule has 3 N–H and O–H groups in total. The van der Waals surface area contributed by atoms with Crippen LogP contribution in [0.1, 0.15) is 18.4 Å². The number of ether oxygens (including phenoxy) is 1. The number of aliphatic hydroxyl groups excluding tert-OH is 1. The highest BCUT2D eigenvalue weighted by molar-refractivity contribution is 7.92. The van der Waals surface area contributed by atoms with Crippen LogP contribution in [0.2, 0.25) is 5.02 Å². The monoisotopic (exact) mass is 555 g/mol. The van der Waals surface area contributed by atoms with Gasteiger partial charge in [-0.05, 0) is 42.2 Å². The number of sulfonamides is 1. The number of hydrogen-bond acceptors (Lipinski definition) is 7. The van der Waals surface area contributed by atoms with Crippen LogP contribution in [-0.2, 0) is 10.0 Å². The normalized spacial score (nSPS) is 18.1. The lowest BCUT2D eigenvalue weighted by molar-refractivity contribution is 0.221. The minimum absolute atomic E-state index is 0.00767. The Morgan fingerprint density at radius 3 is 2.69 bits per heavy atom. The smallest absolute Gasteiger partial charge is 0.266 e. The van der Waals surface area contributed by atoms with E-state index in [1.54, 1.807) is 12.1 Å². The van der Waals surface area contributed by atoms with Gasteiger partial charge in [-0.25, -0.2) is 22.2 Å². The molecule has 0 radical (unpaired) electrons. The molecular weight excluding hydrogens is 532 g/mol. The number of hydrogen-bond donors (Lipinski definition) is 3. The van der Waals surface area contributed by atoms with Crippen LogP contribution in [0.5, 0.6) is 5.75 Å². The molecule has 12 heteroatoms. The lowest BCUT2D eigenvalue weighted by atomic mass is 9.80. The summed E-state index contributed by atoms with van der Waals surface area (Å²) in [5.74, 6) is -1.52. The average Bonchev–Trinajstić information content (AvgIpc) is 3.36. The van der Waals surface area contributed by atoms with E-state index in [4.69, 9.17) is 16.3 Å². The topological polar surface area (TPSA) is 101 Å². The Kier molecular flexibility index (Phi) is 8.58. The van der Waals surface area contributed by atoms with Crippen molar-refractivity contribution in [2.24, 2.45) is 5.92 Å². The maximum absolute atomic E-state index is 14.9. The van der Waals surface area contributed by atoms with Gasteiger partial charge < -0.3 is 15.2 Å². The van der Waals surface area contributed by atoms with Crippen molar-refractivity contribution in [3.63, 3.8) is 0 Å². The van der Waals surface area contributed by atoms with E-state index in [0.29, 0.717) is 6.54 Å². The third kappa shape index (κ3) is 6.22. The molecule has 1 aromatic heterocycles. The predicted octanol–water partition coefficient (Wildman–Crippen LogP) is 4.70. The van der Waals surface area contributed by atoms with Crippen molar-refractivity contribution in [2.75, 3.05) is 24.5 Å². The second-order valence-corrected chi connectivity index (χ2v) is 10.9. The summed E-state index contributed by atoms with van der Waals surface area (Å²) in [5, 5.41) is 14.0. The number of benzene rings is 2. The largest absolute Gasteiger partial charge is 0.491 e. The van der Waals surface area contributed by atoms with Crippen LogP contribution < -0.4 is 14.8 Å². The van der Waals surface area contributed by atoms with Crippen molar-refractivity contribution in [1.82, 2.24) is 10.3 Å². The van der Waals surface area contributed by atoms with Crippen molar-refractivity contribution in [2.45, 2.75) is 23.8 Å². The number of thiazole rings is 1. The Hall–Kier alpha value is -2.57. The van der Waals surface area contributed by atoms with Crippen LogP contribution in [-0.4, -0.2) is 44.3 Å². The molecule has 1 heterocycles. The average molecular weight is 556 g/mol. The summed E-state index contributed by atoms with van der Waals surface area (Å²) in [6.07, 6.45) is 3.61. The van der Waals surface area contributed by atoms with Crippen molar-refractivity contribution < 1.29 is 27.0 Å². The SMILES string of the molecule is O=S(=O)(Nc1cscn1)c1cc(Cl)c(OCC2C(c3ccc(F)cc3)=CCCC2NCCO)cc1F. The number of allylic oxidation sites excluding steroid dienone is 1. The molecule has 0 bridgehead atoms. The van der Waals surface area contributed by atoms with Crippen molar-refractivity contribution in [3.05, 3.63) is 75.6 Å². The van der Waals surface area contributed by atoms with E-state index in [-0.39, 0.29) is 47.6 Å². The molecule has 2 unspecified atom stereocenters. The lowest BCUT2D eigenvalue weighted by Gasteiger charge is -2.33. The van der Waals surface area contributed by atoms with Gasteiger partial charge in [-0.1, -0.05) is 29.8 Å². The van der Waals surface area contributed by atoms with E-state index in [1.807, 2.05) is 0 Å². The molecule has 2 aromatic carbocycles. The summed E-state index contributed by atoms with van der Waals surface area (Å²) in [4.78, 5) is 3.22. The van der Waals surface area contributed by atoms with E-state index in [9.17, 15) is 22.3 Å². The number of aliphatic hydroxyl groups is 1. The summed E-state index contributed by atoms with van der Waals surface area (Å²) >= 11 is 7.48. The zero-order valence-corrected chi connectivity index (χ0v) is 21.3. The molecular formula is C24H24ClF2N3O4S2. The molecule has 2 atom stereocenters. The van der Waals surface area contributed by atoms with E-state index in [1.165, 1.54) is 34.4 Å². The van der Waals surface area contributed by atoms with E-state index < -0.39 is 20.7 Å². The highest BCUT2D eigenvalue weighted by Gasteiger charge is 2.30. The summed E-state index contributed by atoms with van der Waals surface area (Å²) in [7, 11) is -4.25. The molecule has 4 rings (SSSR count). The number of nitrogens with zero attached hydrogens (tertiary/aromatic N) is 1. The molecule has 0 saturated heterocycles. The van der Waals surface area contributed by atoms with Gasteiger partial charge in [-0.15, -0.1) is 11.3 Å². The number of rotatable bonds is 10. The first-order chi connectivity index (χ1) is 17.3. The van der Waals surface area contributed by atoms with Crippen molar-refractivity contribution in [3.8, 4) is 5.75 Å². The zero-order chi connectivity index (χ0) is 25.7. The second kappa shape index (κ2) is 11.7. The maximum Gasteiger partial charge on any atom is 0.266 e. The maximum atomic E-state index is 14.9. The lowest BCUT2D eigenvalue weighted by Crippen LogP contribution is -2.42. The molecule has 1 aliphatic rings. The molecule has 0 saturated carbocycles. The van der Waals surface area contributed by atoms with E-state index in [2.05, 4.69) is 21.1 Å². The fourth-order valence-corrected chi connectivity index (χ4v) is 6.05. The Labute approximate surface area is 216 Å². The fraction of sp³-hybridized carbons (Fsp3) is 0.292. The highest BCUT2D eigenvalue weighted by atomic mass is 35.5. The third-order valence-electron chi connectivity index (χ3n) is 5.79. The van der Waals surface area contributed by atoms with Gasteiger partial charge in [0.1, 0.15) is 22.3 Å². The molecule has 0 aliphatic heterocycles. The summed E-state index contributed by atoms with van der Waals surface area (Å²) in [5.41, 5.74) is 3.20. The molecule has 7 nitrogen and oxygen atoms in total. The van der Waals surface area contributed by atoms with Crippen LogP contribution in [0.3, 0.4) is 0 Å². The Bertz CT molecular complexity index is 1320. The molecule has 0 amide bonds. The van der Waals surface area contributed by atoms with Crippen LogP contribution in [0.25, 0.3) is 5.57 Å². The molecule has 0 fully saturated rings. The molecule has 0 spiro atoms. The van der Waals surface area contributed by atoms with Crippen molar-refractivity contribution in [1.29, 1.82) is 0 Å². The predicted molar refractivity (Wildman–Crippen MR) is 136 cm³/mol. The number of nitrogens with one attached hydrogen (secondary N) is 2. The quantitative estimate of drug-likeness (QED) is 0.335. The first kappa shape index (κ1) is 26.5. The number of halogens is 3. The van der Waals surface area contributed by atoms with E-state index >= 15 is 0 Å². The standard InChI is InChI=1S/C24H24ClF2N3O4S2/c25-19-10-23(36(32,33)30-24-13-35-14-29-24)20(27)11-22(19)34-12-18-17(15-4-6-16(26)7-5-15)2-1-3-21(18)28-8-9-31/h2,4-7,10-11,13-14,18,21,28,30-31H,1,3,8-9,12H2. The van der Waals surface area contributed by atoms with Crippen LogP contribution in [0, 0.1) is 17.6 Å². The molecule has 36 heavy (non-hydrogen) atoms. The van der Waals surface area contributed by atoms with Gasteiger partial charge in [0.25, 0.3) is 10.0 Å². The fourth-order valence-electron chi connectivity index (χ4n) is 4.12. The van der Waals surface area contributed by atoms with Gasteiger partial charge >= 0.3 is 0 Å². The van der Waals surface area contributed by atoms with Gasteiger partial charge in [0.2, 0.25) is 0 Å². The van der Waals surface area contributed by atoms with Gasteiger partial charge in [-0.2, -0.15) is 0 Å². The Morgan fingerprint density at radius 1 is 1.22 bits per heavy atom. The Morgan fingerprint density at radius 2 is 2.00 bits per heavy atom. The first-order valence-electron chi connectivity index (χ1n) is 11.1. The molecule has 192 valence electrons. The summed E-state index contributed by atoms with van der Waals surface area (Å²) < 4.78 is 61.7. The number of anilines is 1. The van der Waals surface area contributed by atoms with Gasteiger partial charge in [0, 0.05) is 30.0 Å². The first-order valence-corrected chi connectivity index (χ1v) is 13.9. The van der Waals surface area contributed by atoms with Crippen LogP contribution in [0.15, 0.2) is 58.3 Å². The molecule has 1 aliphatic carbocycles. The van der Waals surface area contributed by atoms with Crippen LogP contribution >= 0.6 is 22.9 Å². The van der Waals surface area contributed by atoms with Crippen molar-refractivity contribution >= 4 is 44.4 Å². The van der Waals surface area contributed by atoms with Gasteiger partial charge in [-0.3, -0.25) is 4.72 Å². The zero-order valence-electron chi connectivity index (χ0n) is 19.0. The summed E-state index contributed by atoms with van der Waals surface area (Å²) in [6.45, 7) is 0.433. The number of aromatic nitrogens is 1. The van der Waals surface area contributed by atoms with Gasteiger partial charge in [0.05, 0.1) is 23.7 Å². The molecule has 3 aromatic rings. The Balaban J connectivity index is 1.56. The minimum Gasteiger partial charge on any atom is -0.491 e. The third-order valence-corrected chi connectivity index (χ3v) is 8.04.